The first-order valence-electron chi connectivity index (χ1n) is 10.9. The number of nitrogens with one attached hydrogen (secondary N) is 1. The van der Waals surface area contributed by atoms with Gasteiger partial charge in [0.1, 0.15) is 17.5 Å². The molecule has 0 bridgehead atoms. The fourth-order valence-electron chi connectivity index (χ4n) is 4.05. The SMILES string of the molecule is CC(C)(C)n1nc(CCc2cc(N)ccc2F)cc1Nc1cc2c(cn1)CN(CCO)C2. The molecular formula is C24H31FN6O. The molecule has 0 unspecified atom stereocenters. The molecule has 0 spiro atoms. The lowest BCUT2D eigenvalue weighted by atomic mass is 10.1. The van der Waals surface area contributed by atoms with Crippen LogP contribution in [0.3, 0.4) is 0 Å². The second-order valence-electron chi connectivity index (χ2n) is 9.35. The van der Waals surface area contributed by atoms with Crippen LogP contribution < -0.4 is 11.1 Å². The summed E-state index contributed by atoms with van der Waals surface area (Å²) in [5.74, 6) is 1.36. The number of β-amino-alcohol motifs (C(OH)–C–C–N with tert-alkyl or cyclic N) is 1. The fourth-order valence-corrected chi connectivity index (χ4v) is 4.05. The Balaban J connectivity index is 1.53. The lowest BCUT2D eigenvalue weighted by molar-refractivity contribution is 0.198. The highest BCUT2D eigenvalue weighted by Crippen LogP contribution is 2.28. The van der Waals surface area contributed by atoms with Gasteiger partial charge >= 0.3 is 0 Å². The van der Waals surface area contributed by atoms with Gasteiger partial charge in [0.05, 0.1) is 17.8 Å². The number of nitrogens with two attached hydrogens (primary N) is 1. The Labute approximate surface area is 188 Å². The Morgan fingerprint density at radius 2 is 1.91 bits per heavy atom. The van der Waals surface area contributed by atoms with E-state index in [0.29, 0.717) is 30.6 Å². The van der Waals surface area contributed by atoms with Crippen molar-refractivity contribution in [3.05, 3.63) is 64.7 Å². The van der Waals surface area contributed by atoms with E-state index >= 15 is 0 Å². The minimum atomic E-state index is -0.245. The van der Waals surface area contributed by atoms with Crippen LogP contribution in [0.1, 0.15) is 43.2 Å². The molecule has 32 heavy (non-hydrogen) atoms. The third-order valence-electron chi connectivity index (χ3n) is 5.66. The normalized spacial score (nSPS) is 14.0. The number of aliphatic hydroxyl groups excluding tert-OH is 1. The van der Waals surface area contributed by atoms with E-state index in [1.54, 1.807) is 12.1 Å². The molecular weight excluding hydrogens is 407 g/mol. The number of aryl methyl sites for hydroxylation is 2. The molecule has 0 fully saturated rings. The predicted molar refractivity (Wildman–Crippen MR) is 124 cm³/mol. The monoisotopic (exact) mass is 438 g/mol. The maximum atomic E-state index is 14.1. The van der Waals surface area contributed by atoms with Crippen LogP contribution in [0, 0.1) is 5.82 Å². The number of hydrogen-bond acceptors (Lipinski definition) is 6. The number of nitrogen functional groups attached to an aromatic ring is 1. The highest BCUT2D eigenvalue weighted by molar-refractivity contribution is 5.55. The van der Waals surface area contributed by atoms with Crippen LogP contribution in [-0.4, -0.2) is 37.9 Å². The zero-order valence-corrected chi connectivity index (χ0v) is 18.9. The van der Waals surface area contributed by atoms with Crippen LogP contribution in [0.25, 0.3) is 0 Å². The Kier molecular flexibility index (Phi) is 6.17. The van der Waals surface area contributed by atoms with E-state index in [0.717, 1.165) is 30.4 Å². The van der Waals surface area contributed by atoms with Gasteiger partial charge in [-0.15, -0.1) is 0 Å². The molecule has 0 saturated heterocycles. The molecule has 0 aliphatic carbocycles. The molecule has 2 aromatic heterocycles. The number of nitrogens with zero attached hydrogens (tertiary/aromatic N) is 4. The lowest BCUT2D eigenvalue weighted by Crippen LogP contribution is -2.24. The van der Waals surface area contributed by atoms with Crippen LogP contribution >= 0.6 is 0 Å². The fraction of sp³-hybridized carbons (Fsp3) is 0.417. The van der Waals surface area contributed by atoms with Crippen molar-refractivity contribution in [3.63, 3.8) is 0 Å². The van der Waals surface area contributed by atoms with Crippen LogP contribution in [0.2, 0.25) is 0 Å². The summed E-state index contributed by atoms with van der Waals surface area (Å²) in [5.41, 5.74) is 10.0. The second kappa shape index (κ2) is 8.88. The minimum Gasteiger partial charge on any atom is -0.399 e. The van der Waals surface area contributed by atoms with Gasteiger partial charge in [-0.3, -0.25) is 4.90 Å². The molecule has 1 aromatic carbocycles. The van der Waals surface area contributed by atoms with Gasteiger partial charge in [0.15, 0.2) is 0 Å². The Morgan fingerprint density at radius 3 is 2.66 bits per heavy atom. The van der Waals surface area contributed by atoms with Gasteiger partial charge in [-0.25, -0.2) is 14.1 Å². The van der Waals surface area contributed by atoms with E-state index in [-0.39, 0.29) is 18.0 Å². The van der Waals surface area contributed by atoms with Crippen molar-refractivity contribution in [1.82, 2.24) is 19.7 Å². The number of hydrogen-bond donors (Lipinski definition) is 3. The molecule has 170 valence electrons. The topological polar surface area (TPSA) is 92.2 Å². The summed E-state index contributed by atoms with van der Waals surface area (Å²) in [7, 11) is 0. The zero-order valence-electron chi connectivity index (χ0n) is 18.9. The molecule has 8 heteroatoms. The van der Waals surface area contributed by atoms with E-state index in [9.17, 15) is 9.50 Å². The summed E-state index contributed by atoms with van der Waals surface area (Å²) < 4.78 is 16.0. The average molecular weight is 439 g/mol. The van der Waals surface area contributed by atoms with Crippen molar-refractivity contribution in [1.29, 1.82) is 0 Å². The first kappa shape index (κ1) is 22.2. The van der Waals surface area contributed by atoms with Crippen LogP contribution in [0.4, 0.5) is 21.7 Å². The first-order valence-corrected chi connectivity index (χ1v) is 10.9. The van der Waals surface area contributed by atoms with Crippen molar-refractivity contribution in [2.75, 3.05) is 24.2 Å². The second-order valence-corrected chi connectivity index (χ2v) is 9.35. The number of halogens is 1. The molecule has 3 aromatic rings. The molecule has 0 atom stereocenters. The summed E-state index contributed by atoms with van der Waals surface area (Å²) in [5, 5.41) is 17.4. The number of rotatable bonds is 7. The third kappa shape index (κ3) is 4.92. The first-order chi connectivity index (χ1) is 15.2. The summed E-state index contributed by atoms with van der Waals surface area (Å²) in [6, 6.07) is 8.73. The van der Waals surface area contributed by atoms with E-state index in [2.05, 4.69) is 42.0 Å². The number of aliphatic hydroxyl groups is 1. The van der Waals surface area contributed by atoms with Crippen molar-refractivity contribution in [3.8, 4) is 0 Å². The molecule has 0 saturated carbocycles. The number of benzene rings is 1. The van der Waals surface area contributed by atoms with Gasteiger partial charge in [-0.05, 0) is 74.6 Å². The lowest BCUT2D eigenvalue weighted by Gasteiger charge is -2.22. The maximum Gasteiger partial charge on any atom is 0.131 e. The summed E-state index contributed by atoms with van der Waals surface area (Å²) >= 11 is 0. The highest BCUT2D eigenvalue weighted by atomic mass is 19.1. The molecule has 0 radical (unpaired) electrons. The largest absolute Gasteiger partial charge is 0.399 e. The number of fused-ring (bicyclic) bond motifs is 1. The van der Waals surface area contributed by atoms with Crippen molar-refractivity contribution < 1.29 is 9.50 Å². The van der Waals surface area contributed by atoms with Crippen LogP contribution in [-0.2, 0) is 31.5 Å². The molecule has 0 amide bonds. The summed E-state index contributed by atoms with van der Waals surface area (Å²) in [6.07, 6.45) is 3.03. The number of pyridine rings is 1. The Bertz CT molecular complexity index is 1100. The standard InChI is InChI=1S/C24H31FN6O/c1-24(2,3)31-23(12-20(29-31)6-4-16-10-19(26)5-7-21(16)25)28-22-11-17-14-30(8-9-32)15-18(17)13-27-22/h5,7,10-13,32H,4,6,8-9,14-15,26H2,1-3H3,(H,27,28). The van der Waals surface area contributed by atoms with E-state index < -0.39 is 0 Å². The predicted octanol–water partition coefficient (Wildman–Crippen LogP) is 3.59. The smallest absolute Gasteiger partial charge is 0.131 e. The zero-order chi connectivity index (χ0) is 22.9. The van der Waals surface area contributed by atoms with Gasteiger partial charge in [-0.1, -0.05) is 0 Å². The summed E-state index contributed by atoms with van der Waals surface area (Å²) in [4.78, 5) is 6.78. The molecule has 1 aliphatic heterocycles. The quantitative estimate of drug-likeness (QED) is 0.488. The minimum absolute atomic E-state index is 0.152. The third-order valence-corrected chi connectivity index (χ3v) is 5.66. The van der Waals surface area contributed by atoms with Crippen molar-refractivity contribution in [2.24, 2.45) is 0 Å². The van der Waals surface area contributed by atoms with E-state index in [1.165, 1.54) is 17.2 Å². The van der Waals surface area contributed by atoms with Crippen molar-refractivity contribution in [2.45, 2.75) is 52.2 Å². The number of anilines is 3. The van der Waals surface area contributed by atoms with Crippen molar-refractivity contribution >= 4 is 17.3 Å². The highest BCUT2D eigenvalue weighted by Gasteiger charge is 2.22. The van der Waals surface area contributed by atoms with Crippen LogP contribution in [0.5, 0.6) is 0 Å². The van der Waals surface area contributed by atoms with Gasteiger partial charge in [-0.2, -0.15) is 5.10 Å². The maximum absolute atomic E-state index is 14.1. The molecule has 1 aliphatic rings. The van der Waals surface area contributed by atoms with Gasteiger partial charge < -0.3 is 16.2 Å². The molecule has 7 nitrogen and oxygen atoms in total. The van der Waals surface area contributed by atoms with Gasteiger partial charge in [0.2, 0.25) is 0 Å². The summed E-state index contributed by atoms with van der Waals surface area (Å²) in [6.45, 7) is 8.71. The number of aromatic nitrogens is 3. The van der Waals surface area contributed by atoms with E-state index in [1.807, 2.05) is 16.9 Å². The Morgan fingerprint density at radius 1 is 1.12 bits per heavy atom. The Hall–Kier alpha value is -2.97. The average Bonchev–Trinajstić information content (AvgIpc) is 3.32. The van der Waals surface area contributed by atoms with Gasteiger partial charge in [0, 0.05) is 37.6 Å². The molecule has 4 rings (SSSR count). The van der Waals surface area contributed by atoms with Gasteiger partial charge in [0.25, 0.3) is 0 Å². The van der Waals surface area contributed by atoms with Crippen LogP contribution in [0.15, 0.2) is 36.5 Å². The van der Waals surface area contributed by atoms with E-state index in [4.69, 9.17) is 10.8 Å². The molecule has 4 N–H and O–H groups in total. The molecule has 3 heterocycles.